The molecule has 1 amide bonds. The first-order valence-corrected chi connectivity index (χ1v) is 7.29. The normalized spacial score (nSPS) is 18.1. The molecule has 6 heteroatoms. The van der Waals surface area contributed by atoms with Crippen LogP contribution in [0.25, 0.3) is 0 Å². The molecule has 0 aromatic heterocycles. The second kappa shape index (κ2) is 7.26. The lowest BCUT2D eigenvalue weighted by atomic mass is 10.1. The Morgan fingerprint density at radius 1 is 1.41 bits per heavy atom. The molecule has 0 radical (unpaired) electrons. The molecule has 6 nitrogen and oxygen atoms in total. The minimum atomic E-state index is -1.04. The van der Waals surface area contributed by atoms with E-state index in [0.29, 0.717) is 6.54 Å². The van der Waals surface area contributed by atoms with Crippen LogP contribution in [0, 0.1) is 13.8 Å². The van der Waals surface area contributed by atoms with Crippen LogP contribution in [0.15, 0.2) is 18.2 Å². The van der Waals surface area contributed by atoms with Crippen LogP contribution >= 0.6 is 0 Å². The number of aryl methyl sites for hydroxylation is 2. The molecule has 1 aromatic carbocycles. The van der Waals surface area contributed by atoms with Gasteiger partial charge in [-0.15, -0.1) is 0 Å². The summed E-state index contributed by atoms with van der Waals surface area (Å²) in [7, 11) is 0. The molecule has 2 rings (SSSR count). The van der Waals surface area contributed by atoms with Crippen molar-refractivity contribution in [3.05, 3.63) is 29.3 Å². The fourth-order valence-corrected chi connectivity index (χ4v) is 2.39. The zero-order valence-electron chi connectivity index (χ0n) is 12.9. The first kappa shape index (κ1) is 16.3. The van der Waals surface area contributed by atoms with E-state index < -0.39 is 12.1 Å². The highest BCUT2D eigenvalue weighted by Gasteiger charge is 2.28. The molecule has 0 spiro atoms. The second-order valence-corrected chi connectivity index (χ2v) is 5.40. The van der Waals surface area contributed by atoms with Crippen LogP contribution in [0.3, 0.4) is 0 Å². The van der Waals surface area contributed by atoms with Gasteiger partial charge in [-0.05, 0) is 25.5 Å². The predicted octanol–water partition coefficient (Wildman–Crippen LogP) is 1.38. The van der Waals surface area contributed by atoms with Crippen molar-refractivity contribution < 1.29 is 24.2 Å². The van der Waals surface area contributed by atoms with Gasteiger partial charge < -0.3 is 19.5 Å². The highest BCUT2D eigenvalue weighted by atomic mass is 16.5. The number of amides is 1. The second-order valence-electron chi connectivity index (χ2n) is 5.40. The van der Waals surface area contributed by atoms with Crippen molar-refractivity contribution in [3.8, 4) is 5.75 Å². The Bertz CT molecular complexity index is 557. The number of rotatable bonds is 5. The summed E-state index contributed by atoms with van der Waals surface area (Å²) in [5, 5.41) is 8.93. The van der Waals surface area contributed by atoms with Gasteiger partial charge in [-0.3, -0.25) is 4.79 Å². The molecule has 1 N–H and O–H groups in total. The summed E-state index contributed by atoms with van der Waals surface area (Å²) in [4.78, 5) is 24.5. The van der Waals surface area contributed by atoms with E-state index >= 15 is 0 Å². The highest BCUT2D eigenvalue weighted by molar-refractivity contribution is 5.78. The summed E-state index contributed by atoms with van der Waals surface area (Å²) >= 11 is 0. The Labute approximate surface area is 129 Å². The number of aliphatic carboxylic acids is 1. The van der Waals surface area contributed by atoms with Crippen molar-refractivity contribution in [2.45, 2.75) is 26.4 Å². The van der Waals surface area contributed by atoms with Crippen LogP contribution in [0.5, 0.6) is 5.75 Å². The lowest BCUT2D eigenvalue weighted by Gasteiger charge is -2.30. The molecular formula is C16H21NO5. The SMILES string of the molecule is Cc1ccc(OCCC(=O)N2CCO[C@H](C(=O)O)C2)c(C)c1. The fraction of sp³-hybridized carbons (Fsp3) is 0.500. The average Bonchev–Trinajstić information content (AvgIpc) is 2.49. The van der Waals surface area contributed by atoms with Gasteiger partial charge in [0.05, 0.1) is 26.2 Å². The molecule has 0 bridgehead atoms. The topological polar surface area (TPSA) is 76.1 Å². The Hall–Kier alpha value is -2.08. The van der Waals surface area contributed by atoms with Crippen molar-refractivity contribution in [1.29, 1.82) is 0 Å². The van der Waals surface area contributed by atoms with Gasteiger partial charge in [0, 0.05) is 6.54 Å². The summed E-state index contributed by atoms with van der Waals surface area (Å²) < 4.78 is 10.7. The Kier molecular flexibility index (Phi) is 5.38. The number of morpholine rings is 1. The zero-order valence-corrected chi connectivity index (χ0v) is 12.9. The third-order valence-corrected chi connectivity index (χ3v) is 3.60. The molecule has 1 fully saturated rings. The van der Waals surface area contributed by atoms with Crippen LogP contribution in [-0.2, 0) is 14.3 Å². The molecule has 1 aliphatic rings. The van der Waals surface area contributed by atoms with Crippen molar-refractivity contribution in [3.63, 3.8) is 0 Å². The van der Waals surface area contributed by atoms with Crippen molar-refractivity contribution >= 4 is 11.9 Å². The molecule has 22 heavy (non-hydrogen) atoms. The summed E-state index contributed by atoms with van der Waals surface area (Å²) in [6, 6.07) is 5.88. The largest absolute Gasteiger partial charge is 0.493 e. The lowest BCUT2D eigenvalue weighted by Crippen LogP contribution is -2.48. The maximum Gasteiger partial charge on any atom is 0.334 e. The van der Waals surface area contributed by atoms with Crippen LogP contribution in [0.2, 0.25) is 0 Å². The van der Waals surface area contributed by atoms with Gasteiger partial charge in [0.15, 0.2) is 6.10 Å². The number of ether oxygens (including phenoxy) is 2. The van der Waals surface area contributed by atoms with E-state index in [1.54, 1.807) is 0 Å². The molecular weight excluding hydrogens is 286 g/mol. The van der Waals surface area contributed by atoms with Crippen molar-refractivity contribution in [1.82, 2.24) is 4.90 Å². The molecule has 1 aliphatic heterocycles. The van der Waals surface area contributed by atoms with Crippen molar-refractivity contribution in [2.75, 3.05) is 26.3 Å². The number of hydrogen-bond acceptors (Lipinski definition) is 4. The van der Waals surface area contributed by atoms with Gasteiger partial charge in [0.25, 0.3) is 0 Å². The quantitative estimate of drug-likeness (QED) is 0.889. The average molecular weight is 307 g/mol. The Morgan fingerprint density at radius 2 is 2.18 bits per heavy atom. The molecule has 120 valence electrons. The number of carbonyl (C=O) groups excluding carboxylic acids is 1. The van der Waals surface area contributed by atoms with Gasteiger partial charge in [0.2, 0.25) is 5.91 Å². The van der Waals surface area contributed by atoms with E-state index in [9.17, 15) is 9.59 Å². The third kappa shape index (κ3) is 4.21. The zero-order chi connectivity index (χ0) is 16.1. The van der Waals surface area contributed by atoms with Gasteiger partial charge in [-0.1, -0.05) is 17.7 Å². The maximum atomic E-state index is 12.1. The van der Waals surface area contributed by atoms with E-state index in [2.05, 4.69) is 0 Å². The number of carboxylic acid groups (broad SMARTS) is 1. The molecule has 1 atom stereocenters. The Morgan fingerprint density at radius 3 is 2.86 bits per heavy atom. The van der Waals surface area contributed by atoms with E-state index in [0.717, 1.165) is 16.9 Å². The molecule has 1 heterocycles. The fourth-order valence-electron chi connectivity index (χ4n) is 2.39. The van der Waals surface area contributed by atoms with Crippen LogP contribution in [-0.4, -0.2) is 54.3 Å². The maximum absolute atomic E-state index is 12.1. The van der Waals surface area contributed by atoms with E-state index in [-0.39, 0.29) is 32.1 Å². The Balaban J connectivity index is 1.81. The van der Waals surface area contributed by atoms with Gasteiger partial charge in [0.1, 0.15) is 5.75 Å². The summed E-state index contributed by atoms with van der Waals surface area (Å²) in [6.07, 6.45) is -0.711. The minimum Gasteiger partial charge on any atom is -0.493 e. The highest BCUT2D eigenvalue weighted by Crippen LogP contribution is 2.19. The van der Waals surface area contributed by atoms with Crippen LogP contribution in [0.1, 0.15) is 17.5 Å². The number of hydrogen-bond donors (Lipinski definition) is 1. The monoisotopic (exact) mass is 307 g/mol. The number of carbonyl (C=O) groups is 2. The molecule has 0 unspecified atom stereocenters. The van der Waals surface area contributed by atoms with Gasteiger partial charge in [-0.2, -0.15) is 0 Å². The molecule has 1 saturated heterocycles. The predicted molar refractivity (Wildman–Crippen MR) is 80.0 cm³/mol. The van der Waals surface area contributed by atoms with Crippen molar-refractivity contribution in [2.24, 2.45) is 0 Å². The molecule has 0 aliphatic carbocycles. The van der Waals surface area contributed by atoms with Gasteiger partial charge in [-0.25, -0.2) is 4.79 Å². The standard InChI is InChI=1S/C16H21NO5/c1-11-3-4-13(12(2)9-11)21-7-5-15(18)17-6-8-22-14(10-17)16(19)20/h3-4,9,14H,5-8,10H2,1-2H3,(H,19,20)/t14-/m0/s1. The third-order valence-electron chi connectivity index (χ3n) is 3.60. The molecule has 0 saturated carbocycles. The summed E-state index contributed by atoms with van der Waals surface area (Å²) in [6.45, 7) is 5.02. The smallest absolute Gasteiger partial charge is 0.334 e. The number of carboxylic acids is 1. The lowest BCUT2D eigenvalue weighted by molar-refractivity contribution is -0.159. The van der Waals surface area contributed by atoms with E-state index in [1.807, 2.05) is 32.0 Å². The van der Waals surface area contributed by atoms with Gasteiger partial charge >= 0.3 is 5.97 Å². The first-order valence-electron chi connectivity index (χ1n) is 7.29. The van der Waals surface area contributed by atoms with Crippen LogP contribution in [0.4, 0.5) is 0 Å². The number of benzene rings is 1. The van der Waals surface area contributed by atoms with E-state index in [4.69, 9.17) is 14.6 Å². The van der Waals surface area contributed by atoms with E-state index in [1.165, 1.54) is 4.90 Å². The van der Waals surface area contributed by atoms with Crippen LogP contribution < -0.4 is 4.74 Å². The molecule has 1 aromatic rings. The minimum absolute atomic E-state index is 0.0950. The number of nitrogens with zero attached hydrogens (tertiary/aromatic N) is 1. The summed E-state index contributed by atoms with van der Waals surface area (Å²) in [5.74, 6) is -0.382. The first-order chi connectivity index (χ1) is 10.5. The summed E-state index contributed by atoms with van der Waals surface area (Å²) in [5.41, 5.74) is 2.19.